The van der Waals surface area contributed by atoms with Gasteiger partial charge in [-0.25, -0.2) is 4.90 Å². The SMILES string of the molecule is CCC1(CC)CC(=O)N(c2ccc(N)cc2C)C1=O. The van der Waals surface area contributed by atoms with Gasteiger partial charge in [0.1, 0.15) is 0 Å². The van der Waals surface area contributed by atoms with Gasteiger partial charge in [0.2, 0.25) is 11.8 Å². The Morgan fingerprint density at radius 2 is 1.89 bits per heavy atom. The summed E-state index contributed by atoms with van der Waals surface area (Å²) in [4.78, 5) is 26.2. The summed E-state index contributed by atoms with van der Waals surface area (Å²) in [6.45, 7) is 5.80. The number of aryl methyl sites for hydroxylation is 1. The van der Waals surface area contributed by atoms with Crippen molar-refractivity contribution in [1.82, 2.24) is 0 Å². The topological polar surface area (TPSA) is 63.4 Å². The first-order chi connectivity index (χ1) is 8.95. The zero-order valence-electron chi connectivity index (χ0n) is 11.7. The smallest absolute Gasteiger partial charge is 0.240 e. The first-order valence-corrected chi connectivity index (χ1v) is 6.68. The Morgan fingerprint density at radius 3 is 2.37 bits per heavy atom. The average Bonchev–Trinajstić information content (AvgIpc) is 2.62. The molecule has 2 N–H and O–H groups in total. The molecule has 0 saturated carbocycles. The second-order valence-corrected chi connectivity index (χ2v) is 5.24. The molecule has 0 spiro atoms. The lowest BCUT2D eigenvalue weighted by Gasteiger charge is -2.24. The molecule has 0 atom stereocenters. The van der Waals surface area contributed by atoms with Crippen LogP contribution >= 0.6 is 0 Å². The lowest BCUT2D eigenvalue weighted by Crippen LogP contribution is -2.35. The predicted octanol–water partition coefficient (Wildman–Crippen LogP) is 2.65. The number of hydrogen-bond donors (Lipinski definition) is 1. The maximum atomic E-state index is 12.6. The Balaban J connectivity index is 2.46. The molecule has 1 aromatic rings. The number of carbonyl (C=O) groups is 2. The highest BCUT2D eigenvalue weighted by atomic mass is 16.2. The van der Waals surface area contributed by atoms with Crippen molar-refractivity contribution < 1.29 is 9.59 Å². The van der Waals surface area contributed by atoms with Crippen LogP contribution in [0, 0.1) is 12.3 Å². The number of nitrogens with two attached hydrogens (primary N) is 1. The molecular weight excluding hydrogens is 240 g/mol. The Morgan fingerprint density at radius 1 is 1.26 bits per heavy atom. The fourth-order valence-corrected chi connectivity index (χ4v) is 2.77. The van der Waals surface area contributed by atoms with E-state index in [4.69, 9.17) is 5.73 Å². The molecule has 0 aromatic heterocycles. The normalized spacial score (nSPS) is 18.2. The van der Waals surface area contributed by atoms with Crippen LogP contribution in [-0.4, -0.2) is 11.8 Å². The largest absolute Gasteiger partial charge is 0.399 e. The summed E-state index contributed by atoms with van der Waals surface area (Å²) in [6.07, 6.45) is 1.69. The number of benzene rings is 1. The zero-order valence-corrected chi connectivity index (χ0v) is 11.7. The maximum Gasteiger partial charge on any atom is 0.240 e. The standard InChI is InChI=1S/C15H20N2O2/c1-4-15(5-2)9-13(18)17(14(15)19)12-7-6-11(16)8-10(12)3/h6-8H,4-5,9,16H2,1-3H3. The average molecular weight is 260 g/mol. The van der Waals surface area contributed by atoms with E-state index >= 15 is 0 Å². The van der Waals surface area contributed by atoms with E-state index in [9.17, 15) is 9.59 Å². The predicted molar refractivity (Wildman–Crippen MR) is 75.7 cm³/mol. The number of amides is 2. The van der Waals surface area contributed by atoms with Crippen LogP contribution < -0.4 is 10.6 Å². The molecule has 0 bridgehead atoms. The summed E-state index contributed by atoms with van der Waals surface area (Å²) in [5.41, 5.74) is 7.34. The molecule has 1 saturated heterocycles. The van der Waals surface area contributed by atoms with Crippen molar-refractivity contribution in [2.45, 2.75) is 40.0 Å². The molecule has 1 aliphatic heterocycles. The van der Waals surface area contributed by atoms with E-state index in [1.54, 1.807) is 18.2 Å². The molecule has 0 unspecified atom stereocenters. The number of carbonyl (C=O) groups excluding carboxylic acids is 2. The van der Waals surface area contributed by atoms with Crippen LogP contribution in [0.25, 0.3) is 0 Å². The lowest BCUT2D eigenvalue weighted by molar-refractivity contribution is -0.126. The number of rotatable bonds is 3. The van der Waals surface area contributed by atoms with Crippen molar-refractivity contribution in [2.75, 3.05) is 10.6 Å². The van der Waals surface area contributed by atoms with Crippen molar-refractivity contribution in [3.05, 3.63) is 23.8 Å². The van der Waals surface area contributed by atoms with Gasteiger partial charge in [-0.05, 0) is 43.5 Å². The van der Waals surface area contributed by atoms with E-state index in [-0.39, 0.29) is 11.8 Å². The summed E-state index contributed by atoms with van der Waals surface area (Å²) in [6, 6.07) is 5.26. The number of anilines is 2. The molecule has 1 aliphatic rings. The van der Waals surface area contributed by atoms with Gasteiger partial charge in [0.25, 0.3) is 0 Å². The minimum Gasteiger partial charge on any atom is -0.399 e. The van der Waals surface area contributed by atoms with E-state index in [2.05, 4.69) is 0 Å². The van der Waals surface area contributed by atoms with E-state index < -0.39 is 5.41 Å². The first kappa shape index (κ1) is 13.6. The molecule has 4 nitrogen and oxygen atoms in total. The van der Waals surface area contributed by atoms with Gasteiger partial charge < -0.3 is 5.73 Å². The van der Waals surface area contributed by atoms with Gasteiger partial charge in [-0.15, -0.1) is 0 Å². The summed E-state index contributed by atoms with van der Waals surface area (Å²) in [7, 11) is 0. The van der Waals surface area contributed by atoms with E-state index in [0.29, 0.717) is 30.6 Å². The molecule has 2 amide bonds. The van der Waals surface area contributed by atoms with Crippen LogP contribution in [0.15, 0.2) is 18.2 Å². The zero-order chi connectivity index (χ0) is 14.2. The van der Waals surface area contributed by atoms with Crippen LogP contribution in [0.3, 0.4) is 0 Å². The highest BCUT2D eigenvalue weighted by Crippen LogP contribution is 2.42. The fraction of sp³-hybridized carbons (Fsp3) is 0.467. The van der Waals surface area contributed by atoms with E-state index in [1.807, 2.05) is 20.8 Å². The maximum absolute atomic E-state index is 12.6. The lowest BCUT2D eigenvalue weighted by atomic mass is 9.81. The van der Waals surface area contributed by atoms with E-state index in [1.165, 1.54) is 4.90 Å². The van der Waals surface area contributed by atoms with Gasteiger partial charge in [-0.3, -0.25) is 9.59 Å². The Bertz CT molecular complexity index is 533. The number of nitrogen functional groups attached to an aromatic ring is 1. The van der Waals surface area contributed by atoms with Gasteiger partial charge >= 0.3 is 0 Å². The summed E-state index contributed by atoms with van der Waals surface area (Å²) >= 11 is 0. The molecule has 19 heavy (non-hydrogen) atoms. The molecule has 1 fully saturated rings. The summed E-state index contributed by atoms with van der Waals surface area (Å²) in [5.74, 6) is -0.183. The first-order valence-electron chi connectivity index (χ1n) is 6.68. The second-order valence-electron chi connectivity index (χ2n) is 5.24. The molecule has 2 rings (SSSR count). The Kier molecular flexibility index (Phi) is 3.35. The van der Waals surface area contributed by atoms with Crippen molar-refractivity contribution in [2.24, 2.45) is 5.41 Å². The molecule has 1 aromatic carbocycles. The molecule has 4 heteroatoms. The Labute approximate surface area is 113 Å². The van der Waals surface area contributed by atoms with Crippen molar-refractivity contribution in [3.8, 4) is 0 Å². The highest BCUT2D eigenvalue weighted by molar-refractivity contribution is 6.22. The van der Waals surface area contributed by atoms with Crippen LogP contribution in [-0.2, 0) is 9.59 Å². The minimum absolute atomic E-state index is 0.0737. The molecular formula is C15H20N2O2. The van der Waals surface area contributed by atoms with Gasteiger partial charge in [-0.1, -0.05) is 13.8 Å². The third-order valence-electron chi connectivity index (χ3n) is 4.21. The molecule has 102 valence electrons. The van der Waals surface area contributed by atoms with Gasteiger partial charge in [0.05, 0.1) is 11.1 Å². The minimum atomic E-state index is -0.523. The van der Waals surface area contributed by atoms with Crippen LogP contribution in [0.2, 0.25) is 0 Å². The molecule has 1 heterocycles. The van der Waals surface area contributed by atoms with Crippen molar-refractivity contribution >= 4 is 23.2 Å². The van der Waals surface area contributed by atoms with Gasteiger partial charge in [-0.2, -0.15) is 0 Å². The number of nitrogens with zero attached hydrogens (tertiary/aromatic N) is 1. The number of imide groups is 1. The summed E-state index contributed by atoms with van der Waals surface area (Å²) in [5, 5.41) is 0. The van der Waals surface area contributed by atoms with E-state index in [0.717, 1.165) is 5.56 Å². The third-order valence-corrected chi connectivity index (χ3v) is 4.21. The van der Waals surface area contributed by atoms with Crippen LogP contribution in [0.5, 0.6) is 0 Å². The Hall–Kier alpha value is -1.84. The summed E-state index contributed by atoms with van der Waals surface area (Å²) < 4.78 is 0. The van der Waals surface area contributed by atoms with Crippen LogP contribution in [0.1, 0.15) is 38.7 Å². The van der Waals surface area contributed by atoms with Gasteiger partial charge in [0, 0.05) is 12.1 Å². The van der Waals surface area contributed by atoms with Crippen LogP contribution in [0.4, 0.5) is 11.4 Å². The van der Waals surface area contributed by atoms with Gasteiger partial charge in [0.15, 0.2) is 0 Å². The third kappa shape index (κ3) is 2.01. The van der Waals surface area contributed by atoms with Crippen molar-refractivity contribution in [3.63, 3.8) is 0 Å². The molecule has 0 aliphatic carbocycles. The quantitative estimate of drug-likeness (QED) is 0.671. The highest BCUT2D eigenvalue weighted by Gasteiger charge is 2.49. The monoisotopic (exact) mass is 260 g/mol. The molecule has 0 radical (unpaired) electrons. The second kappa shape index (κ2) is 4.68. The van der Waals surface area contributed by atoms with Crippen molar-refractivity contribution in [1.29, 1.82) is 0 Å². The fourth-order valence-electron chi connectivity index (χ4n) is 2.77. The number of hydrogen-bond acceptors (Lipinski definition) is 3.